The summed E-state index contributed by atoms with van der Waals surface area (Å²) in [5, 5.41) is 11.6. The second-order valence-corrected chi connectivity index (χ2v) is 14.9. The zero-order valence-corrected chi connectivity index (χ0v) is 28.1. The summed E-state index contributed by atoms with van der Waals surface area (Å²) in [4.78, 5) is 36.0. The van der Waals surface area contributed by atoms with Crippen LogP contribution >= 0.6 is 0 Å². The predicted octanol–water partition coefficient (Wildman–Crippen LogP) is 6.21. The number of phenolic OH excluding ortho intramolecular Hbond substituents is 1. The zero-order chi connectivity index (χ0) is 34.3. The van der Waals surface area contributed by atoms with Gasteiger partial charge >= 0.3 is 5.97 Å². The number of nitrogens with two attached hydrogens (primary N) is 2. The van der Waals surface area contributed by atoms with Gasteiger partial charge in [0.15, 0.2) is 11.0 Å². The SMILES string of the molecule is Cc1cc(=O)c2c(O)c3c(cc2o1)OC(C)(C)[C@@H]1OC(=O)[C@]2(CCCC[C@H]31)O[C@@H]2CC1(c2cc(N)nc(-c3ccnc(N)c3)c2)CCCC1. The smallest absolute Gasteiger partial charge is 0.341 e. The molecule has 1 spiro atoms. The van der Waals surface area contributed by atoms with Gasteiger partial charge in [-0.05, 0) is 94.5 Å². The maximum Gasteiger partial charge on any atom is 0.341 e. The third-order valence-corrected chi connectivity index (χ3v) is 11.3. The van der Waals surface area contributed by atoms with Gasteiger partial charge in [0, 0.05) is 35.4 Å². The Hall–Kier alpha value is -4.64. The number of pyridine rings is 2. The Bertz CT molecular complexity index is 2050. The van der Waals surface area contributed by atoms with E-state index in [2.05, 4.69) is 16.0 Å². The van der Waals surface area contributed by atoms with E-state index in [9.17, 15) is 14.7 Å². The summed E-state index contributed by atoms with van der Waals surface area (Å²) in [5.74, 6) is 0.749. The topological polar surface area (TPSA) is 176 Å². The van der Waals surface area contributed by atoms with E-state index >= 15 is 0 Å². The molecule has 0 amide bonds. The summed E-state index contributed by atoms with van der Waals surface area (Å²) in [5.41, 5.74) is 13.2. The highest BCUT2D eigenvalue weighted by molar-refractivity contribution is 5.88. The summed E-state index contributed by atoms with van der Waals surface area (Å²) in [7, 11) is 0. The number of epoxide rings is 1. The second-order valence-electron chi connectivity index (χ2n) is 14.9. The summed E-state index contributed by atoms with van der Waals surface area (Å²) in [6.07, 6.45) is 7.98. The molecule has 11 nitrogen and oxygen atoms in total. The molecule has 49 heavy (non-hydrogen) atoms. The van der Waals surface area contributed by atoms with Gasteiger partial charge in [-0.3, -0.25) is 4.79 Å². The lowest BCUT2D eigenvalue weighted by Gasteiger charge is -2.44. The molecule has 3 aliphatic heterocycles. The molecule has 4 aromatic rings. The molecule has 4 atom stereocenters. The molecule has 1 saturated carbocycles. The molecule has 256 valence electrons. The molecule has 0 unspecified atom stereocenters. The van der Waals surface area contributed by atoms with E-state index in [1.165, 1.54) is 6.07 Å². The van der Waals surface area contributed by atoms with Gasteiger partial charge in [-0.1, -0.05) is 19.3 Å². The van der Waals surface area contributed by atoms with Crippen LogP contribution in [0.4, 0.5) is 11.6 Å². The Kier molecular flexibility index (Phi) is 7.22. The number of rotatable bonds is 4. The fourth-order valence-corrected chi connectivity index (χ4v) is 8.88. The first-order chi connectivity index (χ1) is 23.4. The minimum atomic E-state index is -1.06. The minimum Gasteiger partial charge on any atom is -0.507 e. The van der Waals surface area contributed by atoms with Crippen LogP contribution in [0.2, 0.25) is 0 Å². The maximum absolute atomic E-state index is 14.3. The average Bonchev–Trinajstić information content (AvgIpc) is 3.48. The Morgan fingerprint density at radius 2 is 1.76 bits per heavy atom. The Morgan fingerprint density at radius 1 is 0.980 bits per heavy atom. The van der Waals surface area contributed by atoms with E-state index < -0.39 is 23.3 Å². The molecule has 8 rings (SSSR count). The summed E-state index contributed by atoms with van der Waals surface area (Å²) in [6.45, 7) is 5.47. The summed E-state index contributed by atoms with van der Waals surface area (Å²) >= 11 is 0. The number of hydrogen-bond acceptors (Lipinski definition) is 11. The number of hydrogen-bond donors (Lipinski definition) is 3. The monoisotopic (exact) mass is 666 g/mol. The van der Waals surface area contributed by atoms with Crippen molar-refractivity contribution in [3.05, 3.63) is 69.7 Å². The van der Waals surface area contributed by atoms with Crippen LogP contribution < -0.4 is 21.6 Å². The van der Waals surface area contributed by atoms with E-state index in [0.717, 1.165) is 55.3 Å². The number of ether oxygens (including phenoxy) is 3. The van der Waals surface area contributed by atoms with Crippen LogP contribution in [-0.4, -0.2) is 44.5 Å². The molecular formula is C38H42N4O7. The number of nitrogen functional groups attached to an aromatic ring is 2. The first kappa shape index (κ1) is 31.6. The van der Waals surface area contributed by atoms with Crippen molar-refractivity contribution in [1.82, 2.24) is 9.97 Å². The number of fused-ring (bicyclic) bond motifs is 4. The average molecular weight is 667 g/mol. The van der Waals surface area contributed by atoms with Crippen molar-refractivity contribution in [2.24, 2.45) is 0 Å². The normalized spacial score (nSPS) is 26.9. The van der Waals surface area contributed by atoms with Crippen LogP contribution in [0.5, 0.6) is 11.5 Å². The van der Waals surface area contributed by atoms with E-state index in [1.54, 1.807) is 25.3 Å². The van der Waals surface area contributed by atoms with E-state index in [4.69, 9.17) is 30.1 Å². The number of aryl methyl sites for hydroxylation is 1. The number of anilines is 2. The molecule has 0 bridgehead atoms. The number of aromatic nitrogens is 2. The Labute approximate surface area is 284 Å². The molecule has 6 heterocycles. The number of benzene rings is 1. The third kappa shape index (κ3) is 5.21. The summed E-state index contributed by atoms with van der Waals surface area (Å²) in [6, 6.07) is 10.8. The molecule has 4 aliphatic rings. The molecule has 0 radical (unpaired) electrons. The first-order valence-corrected chi connectivity index (χ1v) is 17.3. The van der Waals surface area contributed by atoms with Gasteiger partial charge in [0.1, 0.15) is 51.6 Å². The highest BCUT2D eigenvalue weighted by atomic mass is 16.7. The van der Waals surface area contributed by atoms with Gasteiger partial charge in [-0.25, -0.2) is 14.8 Å². The lowest BCUT2D eigenvalue weighted by molar-refractivity contribution is -0.170. The van der Waals surface area contributed by atoms with E-state index in [-0.39, 0.29) is 39.6 Å². The van der Waals surface area contributed by atoms with Crippen LogP contribution in [0.15, 0.2) is 51.8 Å². The van der Waals surface area contributed by atoms with Crippen LogP contribution in [0.3, 0.4) is 0 Å². The molecule has 1 aliphatic carbocycles. The largest absolute Gasteiger partial charge is 0.507 e. The molecule has 1 aromatic carbocycles. The number of phenols is 1. The van der Waals surface area contributed by atoms with E-state index in [1.807, 2.05) is 26.0 Å². The highest BCUT2D eigenvalue weighted by Crippen LogP contribution is 2.56. The van der Waals surface area contributed by atoms with Gasteiger partial charge in [-0.15, -0.1) is 0 Å². The fraction of sp³-hybridized carbons (Fsp3) is 0.474. The predicted molar refractivity (Wildman–Crippen MR) is 183 cm³/mol. The molecule has 2 saturated heterocycles. The molecule has 3 aromatic heterocycles. The lowest BCUT2D eigenvalue weighted by atomic mass is 9.73. The van der Waals surface area contributed by atoms with Gasteiger partial charge in [0.2, 0.25) is 0 Å². The lowest BCUT2D eigenvalue weighted by Crippen LogP contribution is -2.52. The summed E-state index contributed by atoms with van der Waals surface area (Å²) < 4.78 is 25.1. The fourth-order valence-electron chi connectivity index (χ4n) is 8.88. The second kappa shape index (κ2) is 11.2. The number of carbonyl (C=O) groups excluding carboxylic acids is 1. The van der Waals surface area contributed by atoms with Gasteiger partial charge in [0.05, 0.1) is 11.8 Å². The van der Waals surface area contributed by atoms with Crippen LogP contribution in [-0.2, 0) is 19.7 Å². The minimum absolute atomic E-state index is 0.105. The number of esters is 1. The molecule has 5 N–H and O–H groups in total. The maximum atomic E-state index is 14.3. The third-order valence-electron chi connectivity index (χ3n) is 11.3. The van der Waals surface area contributed by atoms with Crippen LogP contribution in [0.1, 0.15) is 94.4 Å². The van der Waals surface area contributed by atoms with Gasteiger partial charge in [0.25, 0.3) is 0 Å². The number of nitrogens with zero attached hydrogens (tertiary/aromatic N) is 2. The standard InChI is InChI=1S/C38H42N4O7/c1-20-14-25(43)32-26(46-20)18-27-31(33(32)44)23-8-4-5-12-38(35(45)47-34(23)36(2,3)48-27)28(49-38)19-37(10-6-7-11-37)22-16-24(42-30(40)17-22)21-9-13-41-29(39)15-21/h9,13-18,23,28,34,44H,4-8,10-12,19H2,1-3H3,(H2,39,41)(H2,40,42)/t23-,28-,34-,38-/m1/s1. The molecule has 3 fully saturated rings. The molecule has 11 heteroatoms. The number of carbonyl (C=O) groups is 1. The van der Waals surface area contributed by atoms with Crippen LogP contribution in [0, 0.1) is 6.92 Å². The zero-order valence-electron chi connectivity index (χ0n) is 28.1. The van der Waals surface area contributed by atoms with Crippen molar-refractivity contribution in [3.63, 3.8) is 0 Å². The van der Waals surface area contributed by atoms with Crippen molar-refractivity contribution < 1.29 is 28.5 Å². The Morgan fingerprint density at radius 3 is 2.53 bits per heavy atom. The first-order valence-electron chi connectivity index (χ1n) is 17.3. The highest BCUT2D eigenvalue weighted by Gasteiger charge is 2.66. The van der Waals surface area contributed by atoms with Crippen molar-refractivity contribution in [2.75, 3.05) is 11.5 Å². The quantitative estimate of drug-likeness (QED) is 0.167. The number of aromatic hydroxyl groups is 1. The van der Waals surface area contributed by atoms with Crippen molar-refractivity contribution in [3.8, 4) is 22.8 Å². The Balaban J connectivity index is 1.10. The molecular weight excluding hydrogens is 624 g/mol. The van der Waals surface area contributed by atoms with E-state index in [0.29, 0.717) is 48.0 Å². The van der Waals surface area contributed by atoms with Gasteiger partial charge < -0.3 is 35.2 Å². The van der Waals surface area contributed by atoms with Crippen molar-refractivity contribution in [1.29, 1.82) is 0 Å². The van der Waals surface area contributed by atoms with Crippen LogP contribution in [0.25, 0.3) is 22.2 Å². The van der Waals surface area contributed by atoms with Crippen molar-refractivity contribution in [2.45, 2.75) is 113 Å². The van der Waals surface area contributed by atoms with Crippen molar-refractivity contribution >= 4 is 28.6 Å². The van der Waals surface area contributed by atoms with Gasteiger partial charge in [-0.2, -0.15) is 0 Å².